The van der Waals surface area contributed by atoms with E-state index >= 15 is 0 Å². The average molecular weight is 307 g/mol. The second-order valence-corrected chi connectivity index (χ2v) is 6.05. The second-order valence-electron chi connectivity index (χ2n) is 5.40. The van der Waals surface area contributed by atoms with Crippen LogP contribution in [0, 0.1) is 0 Å². The molecule has 1 aliphatic heterocycles. The van der Waals surface area contributed by atoms with Gasteiger partial charge >= 0.3 is 0 Å². The fraction of sp³-hybridized carbons (Fsp3) is 0.467. The molecule has 1 amide bonds. The molecule has 1 atom stereocenters. The van der Waals surface area contributed by atoms with Gasteiger partial charge in [-0.25, -0.2) is 4.98 Å². The average Bonchev–Trinajstić information content (AvgIpc) is 2.91. The smallest absolute Gasteiger partial charge is 0.240 e. The maximum absolute atomic E-state index is 11.9. The van der Waals surface area contributed by atoms with Gasteiger partial charge < -0.3 is 9.30 Å². The fourth-order valence-corrected chi connectivity index (χ4v) is 2.85. The number of alkyl halides is 1. The molecule has 3 heterocycles. The predicted molar refractivity (Wildman–Crippen MR) is 82.4 cm³/mol. The van der Waals surface area contributed by atoms with Gasteiger partial charge in [0.25, 0.3) is 0 Å². The number of amides is 1. The summed E-state index contributed by atoms with van der Waals surface area (Å²) >= 11 is 5.86. The predicted octanol–water partition coefficient (Wildman–Crippen LogP) is 1.61. The minimum Gasteiger partial charge on any atom is -0.339 e. The Morgan fingerprint density at radius 2 is 2.10 bits per heavy atom. The van der Waals surface area contributed by atoms with E-state index in [2.05, 4.69) is 14.3 Å². The van der Waals surface area contributed by atoms with E-state index in [4.69, 9.17) is 11.6 Å². The van der Waals surface area contributed by atoms with E-state index in [1.54, 1.807) is 6.92 Å². The highest BCUT2D eigenvalue weighted by atomic mass is 35.5. The van der Waals surface area contributed by atoms with E-state index in [1.165, 1.54) is 5.69 Å². The molecule has 1 unspecified atom stereocenters. The molecule has 21 heavy (non-hydrogen) atoms. The minimum absolute atomic E-state index is 0.0334. The number of pyridine rings is 1. The summed E-state index contributed by atoms with van der Waals surface area (Å²) in [6, 6.07) is 6.00. The minimum atomic E-state index is -0.435. The monoisotopic (exact) mass is 306 g/mol. The van der Waals surface area contributed by atoms with E-state index in [0.29, 0.717) is 0 Å². The van der Waals surface area contributed by atoms with Crippen molar-refractivity contribution in [3.63, 3.8) is 0 Å². The highest BCUT2D eigenvalue weighted by Gasteiger charge is 2.24. The number of carbonyl (C=O) groups excluding carboxylic acids is 1. The molecule has 3 rings (SSSR count). The molecule has 2 aromatic heterocycles. The lowest BCUT2D eigenvalue weighted by Crippen LogP contribution is -2.50. The van der Waals surface area contributed by atoms with Crippen LogP contribution >= 0.6 is 11.6 Å². The Morgan fingerprint density at radius 3 is 2.81 bits per heavy atom. The standard InChI is InChI=1S/C15H19ClN4O/c1-12(16)15(21)19-8-6-18(7-9-19)11-13-10-17-14-4-2-3-5-20(13)14/h2-5,10,12H,6-9,11H2,1H3. The van der Waals surface area contributed by atoms with Crippen LogP contribution in [0.1, 0.15) is 12.6 Å². The van der Waals surface area contributed by atoms with E-state index in [0.717, 1.165) is 38.4 Å². The van der Waals surface area contributed by atoms with Crippen LogP contribution in [0.25, 0.3) is 5.65 Å². The summed E-state index contributed by atoms with van der Waals surface area (Å²) in [6.07, 6.45) is 3.96. The van der Waals surface area contributed by atoms with Gasteiger partial charge in [-0.15, -0.1) is 11.6 Å². The molecule has 6 heteroatoms. The lowest BCUT2D eigenvalue weighted by atomic mass is 10.2. The van der Waals surface area contributed by atoms with Crippen LogP contribution in [0.2, 0.25) is 0 Å². The van der Waals surface area contributed by atoms with Gasteiger partial charge in [-0.3, -0.25) is 9.69 Å². The zero-order chi connectivity index (χ0) is 14.8. The Kier molecular flexibility index (Phi) is 4.12. The number of halogens is 1. The Bertz CT molecular complexity index is 631. The van der Waals surface area contributed by atoms with E-state index in [1.807, 2.05) is 35.5 Å². The highest BCUT2D eigenvalue weighted by molar-refractivity contribution is 6.30. The number of imidazole rings is 1. The van der Waals surface area contributed by atoms with Crippen LogP contribution in [0.3, 0.4) is 0 Å². The number of aromatic nitrogens is 2. The SMILES string of the molecule is CC(Cl)C(=O)N1CCN(Cc2cnc3ccccn23)CC1. The maximum Gasteiger partial charge on any atom is 0.240 e. The number of hydrogen-bond acceptors (Lipinski definition) is 3. The van der Waals surface area contributed by atoms with Gasteiger partial charge in [-0.1, -0.05) is 6.07 Å². The molecule has 1 fully saturated rings. The molecule has 1 saturated heterocycles. The van der Waals surface area contributed by atoms with E-state index in [9.17, 15) is 4.79 Å². The van der Waals surface area contributed by atoms with Gasteiger partial charge in [0.05, 0.1) is 11.9 Å². The van der Waals surface area contributed by atoms with Gasteiger partial charge in [0, 0.05) is 38.9 Å². The zero-order valence-electron chi connectivity index (χ0n) is 12.1. The highest BCUT2D eigenvalue weighted by Crippen LogP contribution is 2.12. The first-order valence-corrected chi connectivity index (χ1v) is 7.65. The third kappa shape index (κ3) is 3.04. The molecule has 0 aromatic carbocycles. The number of nitrogens with zero attached hydrogens (tertiary/aromatic N) is 4. The van der Waals surface area contributed by atoms with Crippen LogP contribution in [-0.2, 0) is 11.3 Å². The Morgan fingerprint density at radius 1 is 1.33 bits per heavy atom. The van der Waals surface area contributed by atoms with Crippen molar-refractivity contribution in [2.75, 3.05) is 26.2 Å². The first-order valence-electron chi connectivity index (χ1n) is 7.21. The molecule has 0 aliphatic carbocycles. The molecule has 0 bridgehead atoms. The second kappa shape index (κ2) is 6.03. The third-order valence-electron chi connectivity index (χ3n) is 3.90. The molecule has 2 aromatic rings. The van der Waals surface area contributed by atoms with Crippen LogP contribution in [0.15, 0.2) is 30.6 Å². The van der Waals surface area contributed by atoms with Crippen molar-refractivity contribution < 1.29 is 4.79 Å². The number of rotatable bonds is 3. The van der Waals surface area contributed by atoms with Crippen LogP contribution in [0.4, 0.5) is 0 Å². The zero-order valence-corrected chi connectivity index (χ0v) is 12.8. The summed E-state index contributed by atoms with van der Waals surface area (Å²) < 4.78 is 2.11. The summed E-state index contributed by atoms with van der Waals surface area (Å²) in [6.45, 7) is 5.81. The van der Waals surface area contributed by atoms with Crippen molar-refractivity contribution in [1.82, 2.24) is 19.2 Å². The molecule has 0 saturated carbocycles. The molecule has 0 spiro atoms. The molecular formula is C15H19ClN4O. The first-order chi connectivity index (χ1) is 10.1. The number of fused-ring (bicyclic) bond motifs is 1. The molecule has 5 nitrogen and oxygen atoms in total. The van der Waals surface area contributed by atoms with Gasteiger partial charge in [-0.05, 0) is 19.1 Å². The maximum atomic E-state index is 11.9. The molecule has 1 aliphatic rings. The summed E-state index contributed by atoms with van der Waals surface area (Å²) in [5.41, 5.74) is 2.15. The van der Waals surface area contributed by atoms with Crippen LogP contribution in [-0.4, -0.2) is 56.6 Å². The lowest BCUT2D eigenvalue weighted by molar-refractivity contribution is -0.132. The molecule has 0 N–H and O–H groups in total. The fourth-order valence-electron chi connectivity index (χ4n) is 2.71. The van der Waals surface area contributed by atoms with Crippen molar-refractivity contribution in [2.24, 2.45) is 0 Å². The van der Waals surface area contributed by atoms with E-state index in [-0.39, 0.29) is 5.91 Å². The quantitative estimate of drug-likeness (QED) is 0.809. The van der Waals surface area contributed by atoms with E-state index < -0.39 is 5.38 Å². The van der Waals surface area contributed by atoms with Gasteiger partial charge in [0.1, 0.15) is 11.0 Å². The van der Waals surface area contributed by atoms with Crippen molar-refractivity contribution in [2.45, 2.75) is 18.8 Å². The summed E-state index contributed by atoms with van der Waals surface area (Å²) in [5, 5.41) is -0.435. The van der Waals surface area contributed by atoms with Gasteiger partial charge in [0.15, 0.2) is 0 Å². The van der Waals surface area contributed by atoms with Crippen molar-refractivity contribution in [1.29, 1.82) is 0 Å². The number of hydrogen-bond donors (Lipinski definition) is 0. The number of piperazine rings is 1. The topological polar surface area (TPSA) is 40.9 Å². The molecular weight excluding hydrogens is 288 g/mol. The Balaban J connectivity index is 1.62. The Labute approximate surface area is 129 Å². The van der Waals surface area contributed by atoms with Crippen molar-refractivity contribution >= 4 is 23.2 Å². The van der Waals surface area contributed by atoms with Crippen LogP contribution in [0.5, 0.6) is 0 Å². The summed E-state index contributed by atoms with van der Waals surface area (Å²) in [4.78, 5) is 20.5. The normalized spacial score (nSPS) is 18.1. The molecule has 112 valence electrons. The van der Waals surface area contributed by atoms with Gasteiger partial charge in [-0.2, -0.15) is 0 Å². The number of carbonyl (C=O) groups is 1. The largest absolute Gasteiger partial charge is 0.339 e. The Hall–Kier alpha value is -1.59. The van der Waals surface area contributed by atoms with Crippen molar-refractivity contribution in [3.05, 3.63) is 36.3 Å². The molecule has 0 radical (unpaired) electrons. The third-order valence-corrected chi connectivity index (χ3v) is 4.09. The summed E-state index contributed by atoms with van der Waals surface area (Å²) in [7, 11) is 0. The summed E-state index contributed by atoms with van der Waals surface area (Å²) in [5.74, 6) is 0.0334. The lowest BCUT2D eigenvalue weighted by Gasteiger charge is -2.35. The first kappa shape index (κ1) is 14.4. The van der Waals surface area contributed by atoms with Crippen LogP contribution < -0.4 is 0 Å². The van der Waals surface area contributed by atoms with Crippen molar-refractivity contribution in [3.8, 4) is 0 Å². The van der Waals surface area contributed by atoms with Gasteiger partial charge in [0.2, 0.25) is 5.91 Å².